The fourth-order valence-electron chi connectivity index (χ4n) is 2.83. The third kappa shape index (κ3) is 4.62. The van der Waals surface area contributed by atoms with E-state index in [0.717, 1.165) is 40.1 Å². The lowest BCUT2D eigenvalue weighted by Gasteiger charge is -2.07. The predicted molar refractivity (Wildman–Crippen MR) is 108 cm³/mol. The van der Waals surface area contributed by atoms with E-state index >= 15 is 0 Å². The molecular formula is C21H22N2O4S. The monoisotopic (exact) mass is 398 g/mol. The van der Waals surface area contributed by atoms with E-state index in [9.17, 15) is 0 Å². The number of ether oxygens (including phenoxy) is 4. The fraction of sp³-hybridized carbons (Fsp3) is 0.286. The van der Waals surface area contributed by atoms with Crippen LogP contribution < -0.4 is 19.5 Å². The second-order valence-corrected chi connectivity index (χ2v) is 7.16. The van der Waals surface area contributed by atoms with Crippen molar-refractivity contribution in [2.24, 2.45) is 0 Å². The number of methoxy groups -OCH3 is 1. The van der Waals surface area contributed by atoms with Gasteiger partial charge >= 0.3 is 0 Å². The summed E-state index contributed by atoms with van der Waals surface area (Å²) in [5, 5.41) is 6.50. The topological polar surface area (TPSA) is 61.8 Å². The van der Waals surface area contributed by atoms with E-state index in [1.807, 2.05) is 30.3 Å². The van der Waals surface area contributed by atoms with Crippen molar-refractivity contribution in [3.05, 3.63) is 59.1 Å². The summed E-state index contributed by atoms with van der Waals surface area (Å²) < 4.78 is 21.4. The average molecular weight is 398 g/mol. The highest BCUT2D eigenvalue weighted by Gasteiger charge is 2.15. The van der Waals surface area contributed by atoms with E-state index in [1.165, 1.54) is 5.56 Å². The quantitative estimate of drug-likeness (QED) is 0.553. The van der Waals surface area contributed by atoms with Crippen molar-refractivity contribution < 1.29 is 18.9 Å². The molecule has 0 bridgehead atoms. The molecular weight excluding hydrogens is 376 g/mol. The molecule has 4 rings (SSSR count). The normalized spacial score (nSPS) is 12.3. The van der Waals surface area contributed by atoms with Gasteiger partial charge in [-0.05, 0) is 35.9 Å². The number of hydrogen-bond acceptors (Lipinski definition) is 7. The molecule has 0 saturated carbocycles. The standard InChI is InChI=1S/C21H22N2O4S/c1-24-8-9-25-18-5-2-15(3-6-18)11-22-12-17-13-28-21(23-17)16-4-7-19-20(10-16)27-14-26-19/h2-7,10,13,22H,8-9,11-12,14H2,1H3. The predicted octanol–water partition coefficient (Wildman–Crippen LogP) is 3.85. The first kappa shape index (κ1) is 18.7. The summed E-state index contributed by atoms with van der Waals surface area (Å²) >= 11 is 1.63. The molecule has 146 valence electrons. The highest BCUT2D eigenvalue weighted by atomic mass is 32.1. The van der Waals surface area contributed by atoms with Gasteiger partial charge in [0.25, 0.3) is 0 Å². The summed E-state index contributed by atoms with van der Waals surface area (Å²) in [6.07, 6.45) is 0. The van der Waals surface area contributed by atoms with Crippen LogP contribution in [0.15, 0.2) is 47.8 Å². The first-order valence-electron chi connectivity index (χ1n) is 9.07. The molecule has 3 aromatic rings. The Morgan fingerprint density at radius 1 is 1.04 bits per heavy atom. The van der Waals surface area contributed by atoms with Gasteiger partial charge in [-0.3, -0.25) is 0 Å². The molecule has 2 aromatic carbocycles. The molecule has 0 saturated heterocycles. The third-order valence-corrected chi connectivity index (χ3v) is 5.23. The van der Waals surface area contributed by atoms with Crippen molar-refractivity contribution in [1.29, 1.82) is 0 Å². The van der Waals surface area contributed by atoms with Gasteiger partial charge in [-0.25, -0.2) is 4.98 Å². The van der Waals surface area contributed by atoms with Gasteiger partial charge in [0.05, 0.1) is 12.3 Å². The molecule has 28 heavy (non-hydrogen) atoms. The summed E-state index contributed by atoms with van der Waals surface area (Å²) in [6, 6.07) is 14.0. The van der Waals surface area contributed by atoms with Gasteiger partial charge in [-0.1, -0.05) is 12.1 Å². The van der Waals surface area contributed by atoms with Gasteiger partial charge < -0.3 is 24.3 Å². The molecule has 0 aliphatic carbocycles. The molecule has 6 nitrogen and oxygen atoms in total. The van der Waals surface area contributed by atoms with Gasteiger partial charge in [-0.2, -0.15) is 0 Å². The highest BCUT2D eigenvalue weighted by Crippen LogP contribution is 2.36. The van der Waals surface area contributed by atoms with E-state index in [2.05, 4.69) is 22.8 Å². The van der Waals surface area contributed by atoms with Gasteiger partial charge in [0.1, 0.15) is 17.4 Å². The number of thiazole rings is 1. The number of nitrogens with zero attached hydrogens (tertiary/aromatic N) is 1. The zero-order valence-electron chi connectivity index (χ0n) is 15.6. The van der Waals surface area contributed by atoms with Crippen molar-refractivity contribution in [1.82, 2.24) is 10.3 Å². The lowest BCUT2D eigenvalue weighted by atomic mass is 10.2. The van der Waals surface area contributed by atoms with Crippen molar-refractivity contribution >= 4 is 11.3 Å². The fourth-order valence-corrected chi connectivity index (χ4v) is 3.65. The Bertz CT molecular complexity index is 911. The van der Waals surface area contributed by atoms with Crippen LogP contribution in [0, 0.1) is 0 Å². The van der Waals surface area contributed by atoms with Crippen LogP contribution in [-0.4, -0.2) is 32.1 Å². The second kappa shape index (κ2) is 9.05. The Morgan fingerprint density at radius 2 is 1.89 bits per heavy atom. The zero-order valence-corrected chi connectivity index (χ0v) is 16.5. The summed E-state index contributed by atoms with van der Waals surface area (Å²) in [4.78, 5) is 4.72. The van der Waals surface area contributed by atoms with Crippen LogP contribution in [0.25, 0.3) is 10.6 Å². The van der Waals surface area contributed by atoms with Crippen molar-refractivity contribution in [2.75, 3.05) is 27.1 Å². The minimum Gasteiger partial charge on any atom is -0.491 e. The van der Waals surface area contributed by atoms with E-state index < -0.39 is 0 Å². The number of aromatic nitrogens is 1. The molecule has 0 atom stereocenters. The number of fused-ring (bicyclic) bond motifs is 1. The van der Waals surface area contributed by atoms with E-state index in [4.69, 9.17) is 23.9 Å². The Kier molecular flexibility index (Phi) is 6.06. The van der Waals surface area contributed by atoms with Gasteiger partial charge in [0.15, 0.2) is 11.5 Å². The lowest BCUT2D eigenvalue weighted by Crippen LogP contribution is -2.12. The van der Waals surface area contributed by atoms with Crippen molar-refractivity contribution in [3.8, 4) is 27.8 Å². The van der Waals surface area contributed by atoms with Crippen LogP contribution >= 0.6 is 11.3 Å². The summed E-state index contributed by atoms with van der Waals surface area (Å²) in [5.74, 6) is 2.42. The molecule has 0 fully saturated rings. The van der Waals surface area contributed by atoms with Crippen LogP contribution in [0.3, 0.4) is 0 Å². The van der Waals surface area contributed by atoms with Crippen LogP contribution in [0.2, 0.25) is 0 Å². The average Bonchev–Trinajstić information content (AvgIpc) is 3.38. The zero-order chi connectivity index (χ0) is 19.2. The van der Waals surface area contributed by atoms with E-state index in [-0.39, 0.29) is 6.79 Å². The molecule has 0 unspecified atom stereocenters. The van der Waals surface area contributed by atoms with E-state index in [0.29, 0.717) is 19.8 Å². The number of hydrogen-bond donors (Lipinski definition) is 1. The maximum Gasteiger partial charge on any atom is 0.231 e. The lowest BCUT2D eigenvalue weighted by molar-refractivity contribution is 0.146. The molecule has 1 aliphatic rings. The van der Waals surface area contributed by atoms with Crippen LogP contribution in [0.4, 0.5) is 0 Å². The van der Waals surface area contributed by atoms with E-state index in [1.54, 1.807) is 18.4 Å². The van der Waals surface area contributed by atoms with Gasteiger partial charge in [0.2, 0.25) is 6.79 Å². The first-order valence-corrected chi connectivity index (χ1v) is 9.95. The molecule has 2 heterocycles. The Hall–Kier alpha value is -2.61. The van der Waals surface area contributed by atoms with Crippen LogP contribution in [0.5, 0.6) is 17.2 Å². The minimum atomic E-state index is 0.284. The third-order valence-electron chi connectivity index (χ3n) is 4.29. The molecule has 0 spiro atoms. The van der Waals surface area contributed by atoms with Gasteiger partial charge in [0, 0.05) is 31.1 Å². The molecule has 0 amide bonds. The number of nitrogens with one attached hydrogen (secondary N) is 1. The molecule has 0 radical (unpaired) electrons. The van der Waals surface area contributed by atoms with Crippen LogP contribution in [0.1, 0.15) is 11.3 Å². The summed E-state index contributed by atoms with van der Waals surface area (Å²) in [5.41, 5.74) is 3.27. The second-order valence-electron chi connectivity index (χ2n) is 6.30. The molecule has 1 N–H and O–H groups in total. The van der Waals surface area contributed by atoms with Crippen molar-refractivity contribution in [2.45, 2.75) is 13.1 Å². The Labute approximate surface area is 168 Å². The number of benzene rings is 2. The van der Waals surface area contributed by atoms with Crippen molar-refractivity contribution in [3.63, 3.8) is 0 Å². The Balaban J connectivity index is 1.28. The first-order chi connectivity index (χ1) is 13.8. The Morgan fingerprint density at radius 3 is 2.75 bits per heavy atom. The van der Waals surface area contributed by atoms with Gasteiger partial charge in [-0.15, -0.1) is 11.3 Å². The summed E-state index contributed by atoms with van der Waals surface area (Å²) in [6.45, 7) is 2.92. The maximum absolute atomic E-state index is 5.58. The molecule has 1 aromatic heterocycles. The number of rotatable bonds is 9. The van der Waals surface area contributed by atoms with Crippen LogP contribution in [-0.2, 0) is 17.8 Å². The molecule has 1 aliphatic heterocycles. The largest absolute Gasteiger partial charge is 0.491 e. The summed E-state index contributed by atoms with van der Waals surface area (Å²) in [7, 11) is 1.67. The highest BCUT2D eigenvalue weighted by molar-refractivity contribution is 7.13. The minimum absolute atomic E-state index is 0.284. The smallest absolute Gasteiger partial charge is 0.231 e. The maximum atomic E-state index is 5.58. The molecule has 7 heteroatoms. The SMILES string of the molecule is COCCOc1ccc(CNCc2csc(-c3ccc4c(c3)OCO4)n2)cc1.